The maximum atomic E-state index is 12.0. The molecule has 0 aromatic heterocycles. The number of rotatable bonds is 16. The number of carbonyl (C=O) groups excluding carboxylic acids is 2. The minimum absolute atomic E-state index is 0.230. The van der Waals surface area contributed by atoms with Gasteiger partial charge in [0.2, 0.25) is 0 Å². The van der Waals surface area contributed by atoms with Crippen molar-refractivity contribution in [2.24, 2.45) is 0 Å². The van der Waals surface area contributed by atoms with Crippen LogP contribution in [0.25, 0.3) is 0 Å². The third-order valence-corrected chi connectivity index (χ3v) is 39.7. The number of hydrogen-bond donors (Lipinski definition) is 0. The van der Waals surface area contributed by atoms with E-state index in [0.717, 1.165) is 69.1 Å². The van der Waals surface area contributed by atoms with E-state index in [2.05, 4.69) is 37.5 Å². The van der Waals surface area contributed by atoms with Gasteiger partial charge >= 0.3 is 178 Å². The molecule has 3 rings (SSSR count). The van der Waals surface area contributed by atoms with Gasteiger partial charge in [-0.15, -0.1) is 0 Å². The molecule has 0 aromatic carbocycles. The zero-order valence-electron chi connectivity index (χ0n) is 23.7. The molecule has 0 unspecified atom stereocenters. The molecule has 7 nitrogen and oxygen atoms in total. The second kappa shape index (κ2) is 18.6. The normalized spacial score (nSPS) is 19.6. The second-order valence-electron chi connectivity index (χ2n) is 10.2. The van der Waals surface area contributed by atoms with Crippen molar-refractivity contribution in [2.75, 3.05) is 39.3 Å². The quantitative estimate of drug-likeness (QED) is 0.187. The van der Waals surface area contributed by atoms with Crippen molar-refractivity contribution in [1.29, 1.82) is 0 Å². The molecule has 0 spiro atoms. The van der Waals surface area contributed by atoms with E-state index < -0.39 is 38.4 Å². The number of unbranched alkanes of at least 4 members (excludes halogenated alkanes) is 4. The van der Waals surface area contributed by atoms with Crippen LogP contribution in [0.5, 0.6) is 0 Å². The standard InChI is InChI=1S/C6H12N2.4C4H9.2C2H4O2.O.2Sn/c1-2-8-5-3-7(1)4-6-8;4*1-3-4-2;2*1-2(3)4;;;/h1-6H2;4*1,3-4H2,2H3;2*1H3,(H,3,4);;;/q;;;;;;;;2*+1/p-2. The fourth-order valence-electron chi connectivity index (χ4n) is 4.87. The minimum atomic E-state index is -3.66. The van der Waals surface area contributed by atoms with Crippen molar-refractivity contribution in [1.82, 2.24) is 9.80 Å². The van der Waals surface area contributed by atoms with Gasteiger partial charge in [0, 0.05) is 39.3 Å². The van der Waals surface area contributed by atoms with Crippen molar-refractivity contribution in [3.8, 4) is 0 Å². The first-order valence-corrected chi connectivity index (χ1v) is 27.0. The van der Waals surface area contributed by atoms with Gasteiger partial charge in [0.1, 0.15) is 0 Å². The van der Waals surface area contributed by atoms with Gasteiger partial charge in [-0.3, -0.25) is 9.80 Å². The van der Waals surface area contributed by atoms with E-state index in [-0.39, 0.29) is 11.9 Å². The monoisotopic (exact) mass is 714 g/mol. The Kier molecular flexibility index (Phi) is 17.8. The Labute approximate surface area is 225 Å². The average molecular weight is 712 g/mol. The summed E-state index contributed by atoms with van der Waals surface area (Å²) in [5.74, 6) is -0.459. The van der Waals surface area contributed by atoms with Crippen LogP contribution in [0.1, 0.15) is 92.9 Å². The van der Waals surface area contributed by atoms with E-state index in [4.69, 9.17) is 7.56 Å². The van der Waals surface area contributed by atoms with Crippen molar-refractivity contribution < 1.29 is 17.1 Å². The average Bonchev–Trinajstić information content (AvgIpc) is 2.84. The second-order valence-corrected chi connectivity index (χ2v) is 32.0. The zero-order valence-corrected chi connectivity index (χ0v) is 29.4. The molecule has 206 valence electrons. The molecular formula is C26H54N2O5Sn2. The summed E-state index contributed by atoms with van der Waals surface area (Å²) in [5, 5.41) is 0. The molecule has 35 heavy (non-hydrogen) atoms. The summed E-state index contributed by atoms with van der Waals surface area (Å²) in [6.07, 6.45) is 8.25. The molecule has 0 atom stereocenters. The van der Waals surface area contributed by atoms with Gasteiger partial charge in [-0.25, -0.2) is 0 Å². The molecular weight excluding hydrogens is 658 g/mol. The summed E-state index contributed by atoms with van der Waals surface area (Å²) in [5.41, 5.74) is 0. The van der Waals surface area contributed by atoms with Gasteiger partial charge < -0.3 is 0 Å². The van der Waals surface area contributed by atoms with Gasteiger partial charge in [0.05, 0.1) is 0 Å². The number of carbonyl (C=O) groups is 2. The predicted molar refractivity (Wildman–Crippen MR) is 148 cm³/mol. The van der Waals surface area contributed by atoms with Crippen LogP contribution >= 0.6 is 0 Å². The van der Waals surface area contributed by atoms with Gasteiger partial charge in [-0.1, -0.05) is 0 Å². The summed E-state index contributed by atoms with van der Waals surface area (Å²) in [4.78, 5) is 29.1. The Morgan fingerprint density at radius 3 is 1.00 bits per heavy atom. The molecule has 3 aliphatic heterocycles. The van der Waals surface area contributed by atoms with Crippen LogP contribution in [-0.2, 0) is 17.1 Å². The zero-order chi connectivity index (χ0) is 26.2. The molecule has 3 fully saturated rings. The fraction of sp³-hybridized carbons (Fsp3) is 0.923. The first-order valence-electron chi connectivity index (χ1n) is 14.3. The SMILES string of the molecule is C1CN2CCN1CC2.CCC[CH2][Sn]([CH2]CCC)([O]C(C)=O)[O][Sn]([CH2]CCC)([CH2]CCC)[O]C(C)=O. The topological polar surface area (TPSA) is 68.3 Å². The molecule has 9 heteroatoms. The van der Waals surface area contributed by atoms with Crippen LogP contribution in [0.2, 0.25) is 17.7 Å². The number of piperazine rings is 3. The molecule has 0 N–H and O–H groups in total. The van der Waals surface area contributed by atoms with E-state index >= 15 is 0 Å². The summed E-state index contributed by atoms with van der Waals surface area (Å²) >= 11 is -7.31. The summed E-state index contributed by atoms with van der Waals surface area (Å²) in [7, 11) is 0. The Bertz CT molecular complexity index is 523. The molecule has 2 bridgehead atoms. The predicted octanol–water partition coefficient (Wildman–Crippen LogP) is 5.83. The summed E-state index contributed by atoms with van der Waals surface area (Å²) in [6.45, 7) is 19.5. The third kappa shape index (κ3) is 13.7. The first-order chi connectivity index (χ1) is 16.7. The molecule has 3 saturated heterocycles. The van der Waals surface area contributed by atoms with E-state index in [1.54, 1.807) is 0 Å². The van der Waals surface area contributed by atoms with Gasteiger partial charge in [-0.05, 0) is 0 Å². The Balaban J connectivity index is 0.000000627. The van der Waals surface area contributed by atoms with E-state index in [1.165, 1.54) is 53.1 Å². The van der Waals surface area contributed by atoms with Crippen LogP contribution in [0.15, 0.2) is 0 Å². The fourth-order valence-corrected chi connectivity index (χ4v) is 46.4. The number of hydrogen-bond acceptors (Lipinski definition) is 7. The van der Waals surface area contributed by atoms with E-state index in [9.17, 15) is 9.59 Å². The first kappa shape index (κ1) is 33.4. The molecule has 3 aliphatic rings. The van der Waals surface area contributed by atoms with Gasteiger partial charge in [0.15, 0.2) is 0 Å². The van der Waals surface area contributed by atoms with Crippen LogP contribution in [0.3, 0.4) is 0 Å². The third-order valence-electron chi connectivity index (χ3n) is 6.87. The van der Waals surface area contributed by atoms with Gasteiger partial charge in [-0.2, -0.15) is 0 Å². The van der Waals surface area contributed by atoms with Crippen LogP contribution < -0.4 is 0 Å². The number of fused-ring (bicyclic) bond motifs is 3. The van der Waals surface area contributed by atoms with Gasteiger partial charge in [0.25, 0.3) is 0 Å². The Morgan fingerprint density at radius 1 is 0.571 bits per heavy atom. The van der Waals surface area contributed by atoms with Crippen LogP contribution in [-0.4, -0.2) is 99.4 Å². The van der Waals surface area contributed by atoms with Crippen LogP contribution in [0.4, 0.5) is 0 Å². The molecule has 3 heterocycles. The van der Waals surface area contributed by atoms with Crippen LogP contribution in [0, 0.1) is 0 Å². The van der Waals surface area contributed by atoms with Crippen molar-refractivity contribution in [3.63, 3.8) is 0 Å². The Morgan fingerprint density at radius 2 is 0.829 bits per heavy atom. The number of nitrogens with zero attached hydrogens (tertiary/aromatic N) is 2. The molecule has 0 aliphatic carbocycles. The van der Waals surface area contributed by atoms with E-state index in [1.807, 2.05) is 0 Å². The van der Waals surface area contributed by atoms with Crippen molar-refractivity contribution in [2.45, 2.75) is 111 Å². The van der Waals surface area contributed by atoms with Crippen molar-refractivity contribution >= 4 is 50.3 Å². The molecule has 0 aromatic rings. The Hall–Kier alpha value is 0.417. The maximum absolute atomic E-state index is 12.0. The molecule has 0 saturated carbocycles. The molecule has 0 radical (unpaired) electrons. The summed E-state index contributed by atoms with van der Waals surface area (Å²) < 4.78 is 22.6. The van der Waals surface area contributed by atoms with E-state index in [0.29, 0.717) is 0 Å². The van der Waals surface area contributed by atoms with Crippen molar-refractivity contribution in [3.05, 3.63) is 0 Å². The summed E-state index contributed by atoms with van der Waals surface area (Å²) in [6, 6.07) is 0. The molecule has 0 amide bonds.